The first kappa shape index (κ1) is 35.2. The number of fused-ring (bicyclic) bond motifs is 1. The average Bonchev–Trinajstić information content (AvgIpc) is 3.39. The number of phosphoric acid groups is 2. The Morgan fingerprint density at radius 3 is 2.50 bits per heavy atom. The van der Waals surface area contributed by atoms with Crippen LogP contribution in [0.25, 0.3) is 11.2 Å². The van der Waals surface area contributed by atoms with E-state index in [9.17, 15) is 43.9 Å². The van der Waals surface area contributed by atoms with Crippen LogP contribution in [0.4, 0.5) is 16.4 Å². The van der Waals surface area contributed by atoms with Crippen molar-refractivity contribution in [3.63, 3.8) is 0 Å². The molecule has 21 nitrogen and oxygen atoms in total. The van der Waals surface area contributed by atoms with Gasteiger partial charge in [-0.3, -0.25) is 29.0 Å². The first-order valence-corrected chi connectivity index (χ1v) is 16.2. The van der Waals surface area contributed by atoms with Crippen molar-refractivity contribution in [3.05, 3.63) is 56.6 Å². The highest BCUT2D eigenvalue weighted by Crippen LogP contribution is 2.57. The molecule has 0 radical (unpaired) electrons. The Balaban J connectivity index is 1.59. The third kappa shape index (κ3) is 7.84. The third-order valence-electron chi connectivity index (χ3n) is 6.64. The fourth-order valence-electron chi connectivity index (χ4n) is 4.74. The summed E-state index contributed by atoms with van der Waals surface area (Å²) in [6.45, 7) is 4.13. The van der Waals surface area contributed by atoms with Crippen LogP contribution in [0, 0.1) is 15.5 Å². The van der Waals surface area contributed by atoms with Gasteiger partial charge in [0.25, 0.3) is 17.2 Å². The molecule has 1 aliphatic rings. The SMILES string of the molecule is Cn1c[n+]([C@@H]2O[C@H](COP(=O)(O)OP(=O)(O)O)C(O)[C@@H]2O)c2nc(NC(=O)OC(c3ccccc3[N+](=O)[O-])C(C)(C)C)[nH]c(=O)c21. The topological polar surface area (TPSA) is 299 Å². The quantitative estimate of drug-likeness (QED) is 0.0663. The lowest BCUT2D eigenvalue weighted by Gasteiger charge is -2.30. The number of aliphatic hydroxyl groups is 2. The predicted molar refractivity (Wildman–Crippen MR) is 152 cm³/mol. The molecule has 7 N–H and O–H groups in total. The molecular formula is C23H31N6O15P2+. The molecule has 0 spiro atoms. The standard InChI is InChI=1S/C23H30N6O15P2/c1-23(2,3)17(11-7-5-6-8-12(11)29(34)35)43-22(33)26-21-24-18-14(19(32)25-21)27(4)10-28(18)20-16(31)15(30)13(42-20)9-41-46(39,40)44-45(36,37)38/h5-8,10,13,15-17,20,30-31H,9H2,1-4H3,(H4-,24,25,26,32,33,36,37,38,39,40)/p+1/t13-,15?,16+,17?,20-/m1/s1. The molecule has 3 heterocycles. The zero-order valence-corrected chi connectivity index (χ0v) is 26.3. The molecule has 1 aliphatic heterocycles. The summed E-state index contributed by atoms with van der Waals surface area (Å²) < 4.78 is 44.4. The summed E-state index contributed by atoms with van der Waals surface area (Å²) in [6, 6.07) is 5.73. The Hall–Kier alpha value is -3.62. The Morgan fingerprint density at radius 1 is 1.24 bits per heavy atom. The van der Waals surface area contributed by atoms with Crippen LogP contribution >= 0.6 is 15.6 Å². The van der Waals surface area contributed by atoms with Gasteiger partial charge in [0, 0.05) is 11.5 Å². The summed E-state index contributed by atoms with van der Waals surface area (Å²) in [6.07, 6.45) is -7.53. The fraction of sp³-hybridized carbons (Fsp3) is 0.478. The van der Waals surface area contributed by atoms with Gasteiger partial charge in [-0.05, 0) is 6.07 Å². The minimum Gasteiger partial charge on any atom is -0.440 e. The number of carbonyl (C=O) groups excluding carboxylic acids is 1. The number of nitrogens with zero attached hydrogens (tertiary/aromatic N) is 4. The van der Waals surface area contributed by atoms with Gasteiger partial charge in [0.05, 0.1) is 24.1 Å². The molecule has 4 rings (SSSR count). The number of nitro groups is 1. The Morgan fingerprint density at radius 2 is 1.89 bits per heavy atom. The number of phosphoric ester groups is 1. The summed E-state index contributed by atoms with van der Waals surface area (Å²) in [7, 11) is -9.29. The number of benzene rings is 1. The number of ether oxygens (including phenoxy) is 2. The molecule has 2 aromatic heterocycles. The molecule has 1 fully saturated rings. The van der Waals surface area contributed by atoms with Crippen molar-refractivity contribution in [2.45, 2.75) is 51.4 Å². The van der Waals surface area contributed by atoms with Gasteiger partial charge < -0.3 is 34.4 Å². The second-order valence-electron chi connectivity index (χ2n) is 11.2. The second-order valence-corrected chi connectivity index (χ2v) is 14.0. The van der Waals surface area contributed by atoms with Crippen molar-refractivity contribution in [2.75, 3.05) is 11.9 Å². The molecule has 252 valence electrons. The minimum atomic E-state index is -5.42. The maximum Gasteiger partial charge on any atom is 0.481 e. The largest absolute Gasteiger partial charge is 0.481 e. The van der Waals surface area contributed by atoms with Crippen LogP contribution < -0.4 is 15.4 Å². The van der Waals surface area contributed by atoms with Crippen molar-refractivity contribution < 1.29 is 66.6 Å². The van der Waals surface area contributed by atoms with Gasteiger partial charge in [-0.25, -0.2) is 23.8 Å². The summed E-state index contributed by atoms with van der Waals surface area (Å²) in [4.78, 5) is 70.6. The number of amides is 1. The summed E-state index contributed by atoms with van der Waals surface area (Å²) in [5.41, 5.74) is -1.99. The van der Waals surface area contributed by atoms with Gasteiger partial charge in [0.1, 0.15) is 24.4 Å². The lowest BCUT2D eigenvalue weighted by Crippen LogP contribution is -2.46. The number of hydrogen-bond acceptors (Lipinski definition) is 13. The van der Waals surface area contributed by atoms with Crippen molar-refractivity contribution in [2.24, 2.45) is 12.5 Å². The minimum absolute atomic E-state index is 0.0775. The summed E-state index contributed by atoms with van der Waals surface area (Å²) in [5, 5.41) is 35.1. The van der Waals surface area contributed by atoms with E-state index in [1.165, 1.54) is 36.1 Å². The molecule has 46 heavy (non-hydrogen) atoms. The number of aliphatic hydroxyl groups excluding tert-OH is 2. The average molecular weight is 693 g/mol. The van der Waals surface area contributed by atoms with E-state index in [-0.39, 0.29) is 22.4 Å². The number of nitro benzene ring substituents is 1. The van der Waals surface area contributed by atoms with Gasteiger partial charge in [0.15, 0.2) is 6.33 Å². The van der Waals surface area contributed by atoms with E-state index in [2.05, 4.69) is 24.1 Å². The number of aryl methyl sites for hydroxylation is 1. The van der Waals surface area contributed by atoms with Gasteiger partial charge >= 0.3 is 27.4 Å². The Labute approximate surface area is 258 Å². The zero-order valence-electron chi connectivity index (χ0n) is 24.5. The van der Waals surface area contributed by atoms with Gasteiger partial charge in [-0.2, -0.15) is 4.31 Å². The number of aromatic amines is 1. The third-order valence-corrected chi connectivity index (χ3v) is 8.79. The number of aromatic nitrogens is 4. The molecule has 6 atom stereocenters. The number of imidazole rings is 1. The maximum atomic E-state index is 13.0. The van der Waals surface area contributed by atoms with Crippen molar-refractivity contribution in [3.8, 4) is 0 Å². The number of H-pyrrole nitrogens is 1. The normalized spacial score (nSPS) is 22.4. The molecule has 1 aromatic carbocycles. The van der Waals surface area contributed by atoms with Crippen LogP contribution in [0.5, 0.6) is 0 Å². The number of para-hydroxylation sites is 1. The Kier molecular flexibility index (Phi) is 9.87. The molecule has 0 saturated carbocycles. The van der Waals surface area contributed by atoms with Crippen molar-refractivity contribution in [1.29, 1.82) is 0 Å². The van der Waals surface area contributed by atoms with E-state index in [0.29, 0.717) is 0 Å². The van der Waals surface area contributed by atoms with Crippen LogP contribution in [0.3, 0.4) is 0 Å². The first-order valence-electron chi connectivity index (χ1n) is 13.2. The van der Waals surface area contributed by atoms with E-state index in [1.54, 1.807) is 26.8 Å². The highest BCUT2D eigenvalue weighted by Gasteiger charge is 2.48. The summed E-state index contributed by atoms with van der Waals surface area (Å²) >= 11 is 0. The monoisotopic (exact) mass is 693 g/mol. The second kappa shape index (κ2) is 12.9. The fourth-order valence-corrected chi connectivity index (χ4v) is 6.33. The maximum absolute atomic E-state index is 13.0. The van der Waals surface area contributed by atoms with Gasteiger partial charge in [-0.15, -0.1) is 0 Å². The highest BCUT2D eigenvalue weighted by atomic mass is 31.3. The number of rotatable bonds is 10. The molecule has 1 amide bonds. The lowest BCUT2D eigenvalue weighted by molar-refractivity contribution is -0.745. The number of anilines is 1. The Bertz CT molecular complexity index is 1800. The van der Waals surface area contributed by atoms with Crippen molar-refractivity contribution >= 4 is 44.5 Å². The molecule has 0 bridgehead atoms. The number of nitrogens with one attached hydrogen (secondary N) is 2. The summed E-state index contributed by atoms with van der Waals surface area (Å²) in [5.74, 6) is -0.429. The number of carbonyl (C=O) groups is 1. The zero-order chi connectivity index (χ0) is 34.4. The lowest BCUT2D eigenvalue weighted by atomic mass is 9.84. The smallest absolute Gasteiger partial charge is 0.440 e. The molecule has 3 aromatic rings. The van der Waals surface area contributed by atoms with Crippen molar-refractivity contribution in [1.82, 2.24) is 14.5 Å². The van der Waals surface area contributed by atoms with Crippen LogP contribution in [-0.2, 0) is 34.5 Å². The number of hydrogen-bond donors (Lipinski definition) is 7. The van der Waals surface area contributed by atoms with Gasteiger partial charge in [-0.1, -0.05) is 37.9 Å². The van der Waals surface area contributed by atoms with E-state index < -0.39 is 80.8 Å². The van der Waals surface area contributed by atoms with Gasteiger partial charge in [0.2, 0.25) is 11.7 Å². The van der Waals surface area contributed by atoms with E-state index >= 15 is 0 Å². The van der Waals surface area contributed by atoms with E-state index in [1.807, 2.05) is 0 Å². The predicted octanol–water partition coefficient (Wildman–Crippen LogP) is 0.639. The first-order chi connectivity index (χ1) is 21.2. The highest BCUT2D eigenvalue weighted by molar-refractivity contribution is 7.60. The van der Waals surface area contributed by atoms with E-state index in [4.69, 9.17) is 19.3 Å². The van der Waals surface area contributed by atoms with Crippen LogP contribution in [0.2, 0.25) is 0 Å². The molecule has 3 unspecified atom stereocenters. The van der Waals surface area contributed by atoms with E-state index in [0.717, 1.165) is 4.57 Å². The van der Waals surface area contributed by atoms with Crippen LogP contribution in [0.15, 0.2) is 35.4 Å². The molecular weight excluding hydrogens is 662 g/mol. The molecule has 0 aliphatic carbocycles. The van der Waals surface area contributed by atoms with Crippen LogP contribution in [-0.4, -0.2) is 75.4 Å². The van der Waals surface area contributed by atoms with Crippen LogP contribution in [0.1, 0.15) is 38.7 Å². The molecule has 1 saturated heterocycles. The molecule has 23 heteroatoms.